The molecular weight excluding hydrogens is 456 g/mol. The summed E-state index contributed by atoms with van der Waals surface area (Å²) >= 11 is 1.52. The third kappa shape index (κ3) is 4.33. The molecule has 12 heteroatoms. The van der Waals surface area contributed by atoms with Gasteiger partial charge in [-0.15, -0.1) is 11.3 Å². The fourth-order valence-corrected chi connectivity index (χ4v) is 4.75. The van der Waals surface area contributed by atoms with Crippen LogP contribution in [0.25, 0.3) is 10.7 Å². The van der Waals surface area contributed by atoms with E-state index in [1.165, 1.54) is 24.2 Å². The Hall–Kier alpha value is -3.51. The Morgan fingerprint density at radius 1 is 1.21 bits per heavy atom. The summed E-state index contributed by atoms with van der Waals surface area (Å²) in [5.74, 6) is 3.49. The summed E-state index contributed by atoms with van der Waals surface area (Å²) in [7, 11) is 0. The van der Waals surface area contributed by atoms with E-state index in [2.05, 4.69) is 35.5 Å². The van der Waals surface area contributed by atoms with Gasteiger partial charge in [0.15, 0.2) is 11.6 Å². The van der Waals surface area contributed by atoms with Crippen LogP contribution in [0, 0.1) is 0 Å². The molecule has 4 aromatic rings. The molecule has 0 aromatic carbocycles. The fourth-order valence-electron chi connectivity index (χ4n) is 4.16. The number of hydrogen-bond donors (Lipinski definition) is 3. The maximum Gasteiger partial charge on any atom is 0.231 e. The Morgan fingerprint density at radius 2 is 2.15 bits per heavy atom. The fraction of sp³-hybridized carbons (Fsp3) is 0.409. The van der Waals surface area contributed by atoms with Crippen molar-refractivity contribution in [3.8, 4) is 16.6 Å². The predicted molar refractivity (Wildman–Crippen MR) is 125 cm³/mol. The zero-order valence-corrected chi connectivity index (χ0v) is 19.2. The van der Waals surface area contributed by atoms with Crippen LogP contribution in [0.4, 0.5) is 17.6 Å². The van der Waals surface area contributed by atoms with Gasteiger partial charge in [-0.1, -0.05) is 5.16 Å². The van der Waals surface area contributed by atoms with Crippen molar-refractivity contribution >= 4 is 28.9 Å². The molecule has 1 saturated carbocycles. The molecule has 11 nitrogen and oxygen atoms in total. The zero-order chi connectivity index (χ0) is 22.9. The molecule has 3 N–H and O–H groups in total. The highest BCUT2D eigenvalue weighted by atomic mass is 32.1. The summed E-state index contributed by atoms with van der Waals surface area (Å²) in [6.45, 7) is 0.818. The van der Waals surface area contributed by atoms with Crippen molar-refractivity contribution in [3.05, 3.63) is 41.2 Å². The van der Waals surface area contributed by atoms with Crippen molar-refractivity contribution < 1.29 is 14.4 Å². The third-order valence-corrected chi connectivity index (χ3v) is 6.72. The monoisotopic (exact) mass is 480 g/mol. The Morgan fingerprint density at radius 3 is 2.97 bits per heavy atom. The molecule has 1 saturated heterocycles. The van der Waals surface area contributed by atoms with Gasteiger partial charge in [0.05, 0.1) is 12.6 Å². The molecule has 6 rings (SSSR count). The van der Waals surface area contributed by atoms with E-state index >= 15 is 0 Å². The average molecular weight is 481 g/mol. The number of rotatable bonds is 9. The molecule has 34 heavy (non-hydrogen) atoms. The van der Waals surface area contributed by atoms with Crippen molar-refractivity contribution in [1.82, 2.24) is 30.3 Å². The molecule has 0 bridgehead atoms. The molecule has 4 aromatic heterocycles. The first-order chi connectivity index (χ1) is 16.8. The Balaban J connectivity index is 1.28. The molecule has 176 valence electrons. The second kappa shape index (κ2) is 9.03. The molecule has 0 unspecified atom stereocenters. The Kier molecular flexibility index (Phi) is 5.59. The average Bonchev–Trinajstić information content (AvgIpc) is 3.35. The number of hydrogen-bond acceptors (Lipinski definition) is 11. The first-order valence-corrected chi connectivity index (χ1v) is 12.2. The van der Waals surface area contributed by atoms with Crippen LogP contribution in [-0.2, 0) is 0 Å². The maximum absolute atomic E-state index is 9.21. The number of H-pyrrole nitrogens is 1. The molecule has 0 spiro atoms. The molecule has 1 aliphatic carbocycles. The maximum atomic E-state index is 9.21. The van der Waals surface area contributed by atoms with Gasteiger partial charge < -0.3 is 24.6 Å². The molecule has 0 radical (unpaired) electrons. The van der Waals surface area contributed by atoms with Crippen LogP contribution in [0.3, 0.4) is 0 Å². The molecule has 2 fully saturated rings. The number of ether oxygens (including phenoxy) is 1. The molecule has 1 atom stereocenters. The van der Waals surface area contributed by atoms with Crippen molar-refractivity contribution in [2.75, 3.05) is 30.0 Å². The summed E-state index contributed by atoms with van der Waals surface area (Å²) in [6, 6.07) is 5.62. The van der Waals surface area contributed by atoms with Crippen LogP contribution in [-0.4, -0.2) is 55.2 Å². The number of thiazole rings is 1. The minimum absolute atomic E-state index is 0.0472. The predicted octanol–water partition coefficient (Wildman–Crippen LogP) is 3.64. The molecular formula is C22H24N8O3S. The van der Waals surface area contributed by atoms with E-state index in [-0.39, 0.29) is 19.3 Å². The second-order valence-electron chi connectivity index (χ2n) is 8.37. The lowest BCUT2D eigenvalue weighted by Gasteiger charge is -2.23. The Labute approximate surface area is 199 Å². The van der Waals surface area contributed by atoms with Crippen molar-refractivity contribution in [1.29, 1.82) is 0 Å². The van der Waals surface area contributed by atoms with E-state index in [1.807, 2.05) is 17.5 Å². The second-order valence-corrected chi connectivity index (χ2v) is 9.27. The lowest BCUT2D eigenvalue weighted by atomic mass is 10.1. The lowest BCUT2D eigenvalue weighted by Crippen LogP contribution is -2.25. The normalized spacial score (nSPS) is 17.9. The van der Waals surface area contributed by atoms with Crippen LogP contribution in [0.2, 0.25) is 0 Å². The van der Waals surface area contributed by atoms with Gasteiger partial charge in [-0.3, -0.25) is 5.10 Å². The van der Waals surface area contributed by atoms with Crippen molar-refractivity contribution in [2.24, 2.45) is 0 Å². The van der Waals surface area contributed by atoms with Gasteiger partial charge in [0.1, 0.15) is 23.1 Å². The zero-order valence-electron chi connectivity index (χ0n) is 18.3. The van der Waals surface area contributed by atoms with Gasteiger partial charge >= 0.3 is 0 Å². The minimum atomic E-state index is -0.101. The van der Waals surface area contributed by atoms with Crippen LogP contribution >= 0.6 is 11.3 Å². The van der Waals surface area contributed by atoms with E-state index < -0.39 is 0 Å². The largest absolute Gasteiger partial charge is 0.475 e. The highest BCUT2D eigenvalue weighted by Crippen LogP contribution is 2.40. The summed E-state index contributed by atoms with van der Waals surface area (Å²) < 4.78 is 11.3. The van der Waals surface area contributed by atoms with Gasteiger partial charge in [-0.2, -0.15) is 15.1 Å². The molecule has 0 amide bonds. The lowest BCUT2D eigenvalue weighted by molar-refractivity contribution is 0.196. The quantitative estimate of drug-likeness (QED) is 0.325. The minimum Gasteiger partial charge on any atom is -0.475 e. The number of nitrogens with zero attached hydrogens (tertiary/aromatic N) is 6. The highest BCUT2D eigenvalue weighted by Gasteiger charge is 2.32. The van der Waals surface area contributed by atoms with E-state index in [0.29, 0.717) is 29.4 Å². The van der Waals surface area contributed by atoms with E-state index in [9.17, 15) is 5.11 Å². The molecule has 1 aliphatic heterocycles. The first-order valence-electron chi connectivity index (χ1n) is 11.3. The summed E-state index contributed by atoms with van der Waals surface area (Å²) in [5.41, 5.74) is 1.86. The van der Waals surface area contributed by atoms with Gasteiger partial charge in [0.2, 0.25) is 11.8 Å². The number of aliphatic hydroxyl groups excluding tert-OH is 1. The number of aromatic nitrogens is 6. The number of anilines is 3. The number of aromatic amines is 1. The topological polar surface area (TPSA) is 138 Å². The molecule has 2 aliphatic rings. The van der Waals surface area contributed by atoms with Crippen LogP contribution < -0.4 is 15.0 Å². The number of aliphatic hydroxyl groups is 1. The van der Waals surface area contributed by atoms with Gasteiger partial charge in [-0.05, 0) is 25.7 Å². The van der Waals surface area contributed by atoms with Gasteiger partial charge in [0.25, 0.3) is 0 Å². The summed E-state index contributed by atoms with van der Waals surface area (Å²) in [5, 5.41) is 26.9. The van der Waals surface area contributed by atoms with Crippen LogP contribution in [0.1, 0.15) is 49.1 Å². The smallest absolute Gasteiger partial charge is 0.231 e. The van der Waals surface area contributed by atoms with E-state index in [0.717, 1.165) is 41.5 Å². The van der Waals surface area contributed by atoms with Crippen LogP contribution in [0.5, 0.6) is 5.88 Å². The summed E-state index contributed by atoms with van der Waals surface area (Å²) in [4.78, 5) is 15.8. The van der Waals surface area contributed by atoms with Crippen molar-refractivity contribution in [2.45, 2.75) is 37.6 Å². The number of nitrogens with one attached hydrogen (secondary N) is 2. The van der Waals surface area contributed by atoms with Crippen LogP contribution in [0.15, 0.2) is 34.3 Å². The first kappa shape index (κ1) is 21.1. The van der Waals surface area contributed by atoms with Gasteiger partial charge in [-0.25, -0.2) is 4.98 Å². The SMILES string of the molecule is OCCOc1cc(Nc2cc(C3CC3)[nH]n2)nc(N2CCC[C@H]2c2cc(-c3nccs3)no2)n1. The summed E-state index contributed by atoms with van der Waals surface area (Å²) in [6.07, 6.45) is 6.01. The Bertz CT molecular complexity index is 1250. The van der Waals surface area contributed by atoms with Crippen molar-refractivity contribution in [3.63, 3.8) is 0 Å². The van der Waals surface area contributed by atoms with Gasteiger partial charge in [0, 0.05) is 47.9 Å². The van der Waals surface area contributed by atoms with E-state index in [4.69, 9.17) is 14.2 Å². The van der Waals surface area contributed by atoms with E-state index in [1.54, 1.807) is 12.3 Å². The highest BCUT2D eigenvalue weighted by molar-refractivity contribution is 7.13. The third-order valence-electron chi connectivity index (χ3n) is 5.92. The molecule has 5 heterocycles. The standard InChI is InChI=1S/C22H24N8O3S/c31-7-8-32-20-12-18(24-19-11-14(27-28-19)13-3-4-13)25-22(26-20)30-6-1-2-16(30)17-10-15(29-33-17)21-23-5-9-34-21/h5,9-13,16,31H,1-4,6-8H2,(H2,24,25,26,27,28)/t16-/m0/s1.